The predicted octanol–water partition coefficient (Wildman–Crippen LogP) is 1.75. The van der Waals surface area contributed by atoms with Gasteiger partial charge in [0.25, 0.3) is 0 Å². The standard InChI is InChI=1S/C6H9NS2/c1-7-4-6-5-8-2-3-9-6/h6H,2-5H2. The molecule has 1 rings (SSSR count). The second kappa shape index (κ2) is 4.08. The molecule has 0 saturated carbocycles. The SMILES string of the molecule is [C-]#[N+]CC1CSCCS1. The lowest BCUT2D eigenvalue weighted by atomic mass is 10.5. The van der Waals surface area contributed by atoms with E-state index in [0.29, 0.717) is 5.25 Å². The van der Waals surface area contributed by atoms with Crippen molar-refractivity contribution in [2.24, 2.45) is 0 Å². The molecule has 1 nitrogen and oxygen atoms in total. The van der Waals surface area contributed by atoms with Crippen molar-refractivity contribution in [3.63, 3.8) is 0 Å². The Bertz CT molecular complexity index is 113. The highest BCUT2D eigenvalue weighted by Gasteiger charge is 2.15. The molecule has 1 fully saturated rings. The summed E-state index contributed by atoms with van der Waals surface area (Å²) in [5.74, 6) is 3.71. The molecule has 0 spiro atoms. The van der Waals surface area contributed by atoms with Crippen molar-refractivity contribution in [2.45, 2.75) is 5.25 Å². The van der Waals surface area contributed by atoms with Gasteiger partial charge in [-0.25, -0.2) is 6.57 Å². The van der Waals surface area contributed by atoms with Crippen LogP contribution in [0.4, 0.5) is 0 Å². The summed E-state index contributed by atoms with van der Waals surface area (Å²) in [6.45, 7) is 7.36. The Morgan fingerprint density at radius 1 is 1.56 bits per heavy atom. The average molecular weight is 159 g/mol. The summed E-state index contributed by atoms with van der Waals surface area (Å²) < 4.78 is 0. The van der Waals surface area contributed by atoms with Gasteiger partial charge in [-0.3, -0.25) is 0 Å². The largest absolute Gasteiger partial charge is 0.316 e. The summed E-state index contributed by atoms with van der Waals surface area (Å²) in [5.41, 5.74) is 0. The van der Waals surface area contributed by atoms with Gasteiger partial charge in [-0.2, -0.15) is 11.8 Å². The van der Waals surface area contributed by atoms with Gasteiger partial charge in [0.1, 0.15) is 0 Å². The first kappa shape index (κ1) is 7.30. The quantitative estimate of drug-likeness (QED) is 0.537. The van der Waals surface area contributed by atoms with Crippen LogP contribution in [0.5, 0.6) is 0 Å². The molecule has 0 N–H and O–H groups in total. The molecule has 1 atom stereocenters. The minimum atomic E-state index is 0.626. The molecule has 1 unspecified atom stereocenters. The smallest absolute Gasteiger partial charge is 0.227 e. The zero-order valence-corrected chi connectivity index (χ0v) is 6.80. The van der Waals surface area contributed by atoms with E-state index in [2.05, 4.69) is 4.85 Å². The van der Waals surface area contributed by atoms with E-state index in [1.54, 1.807) is 0 Å². The monoisotopic (exact) mass is 159 g/mol. The van der Waals surface area contributed by atoms with Gasteiger partial charge < -0.3 is 4.85 Å². The molecule has 0 radical (unpaired) electrons. The van der Waals surface area contributed by atoms with Crippen molar-refractivity contribution >= 4 is 23.5 Å². The van der Waals surface area contributed by atoms with Gasteiger partial charge in [-0.1, -0.05) is 0 Å². The molecule has 1 aliphatic rings. The highest BCUT2D eigenvalue weighted by atomic mass is 32.2. The lowest BCUT2D eigenvalue weighted by molar-refractivity contribution is 1.06. The van der Waals surface area contributed by atoms with Crippen LogP contribution in [0.15, 0.2) is 0 Å². The lowest BCUT2D eigenvalue weighted by Crippen LogP contribution is -2.15. The van der Waals surface area contributed by atoms with Gasteiger partial charge in [0.15, 0.2) is 0 Å². The van der Waals surface area contributed by atoms with Crippen LogP contribution in [0.25, 0.3) is 4.85 Å². The van der Waals surface area contributed by atoms with Crippen LogP contribution in [0, 0.1) is 6.57 Å². The highest BCUT2D eigenvalue weighted by molar-refractivity contribution is 8.06. The average Bonchev–Trinajstić information content (AvgIpc) is 1.91. The van der Waals surface area contributed by atoms with Crippen molar-refractivity contribution < 1.29 is 0 Å². The Balaban J connectivity index is 2.17. The lowest BCUT2D eigenvalue weighted by Gasteiger charge is -2.15. The maximum absolute atomic E-state index is 6.64. The van der Waals surface area contributed by atoms with Crippen molar-refractivity contribution in [1.82, 2.24) is 0 Å². The van der Waals surface area contributed by atoms with Crippen LogP contribution in [0.1, 0.15) is 0 Å². The molecular weight excluding hydrogens is 150 g/mol. The first-order valence-corrected chi connectivity index (χ1v) is 5.16. The van der Waals surface area contributed by atoms with E-state index in [1.807, 2.05) is 23.5 Å². The number of hydrogen-bond donors (Lipinski definition) is 0. The molecule has 0 aromatic heterocycles. The molecule has 1 heterocycles. The van der Waals surface area contributed by atoms with Gasteiger partial charge in [-0.05, 0) is 0 Å². The van der Waals surface area contributed by atoms with E-state index in [9.17, 15) is 0 Å². The predicted molar refractivity (Wildman–Crippen MR) is 45.0 cm³/mol. The Morgan fingerprint density at radius 2 is 2.44 bits per heavy atom. The van der Waals surface area contributed by atoms with Crippen molar-refractivity contribution in [3.8, 4) is 0 Å². The van der Waals surface area contributed by atoms with Crippen LogP contribution >= 0.6 is 23.5 Å². The number of thioether (sulfide) groups is 2. The minimum absolute atomic E-state index is 0.626. The molecule has 9 heavy (non-hydrogen) atoms. The third kappa shape index (κ3) is 2.51. The van der Waals surface area contributed by atoms with E-state index >= 15 is 0 Å². The van der Waals surface area contributed by atoms with E-state index in [1.165, 1.54) is 17.3 Å². The fourth-order valence-electron chi connectivity index (χ4n) is 0.744. The first-order chi connectivity index (χ1) is 4.43. The molecule has 0 amide bonds. The molecule has 0 bridgehead atoms. The number of nitrogens with zero attached hydrogens (tertiary/aromatic N) is 1. The number of rotatable bonds is 1. The van der Waals surface area contributed by atoms with Crippen molar-refractivity contribution in [2.75, 3.05) is 23.8 Å². The van der Waals surface area contributed by atoms with E-state index in [4.69, 9.17) is 6.57 Å². The summed E-state index contributed by atoms with van der Waals surface area (Å²) in [6, 6.07) is 0. The maximum atomic E-state index is 6.64. The van der Waals surface area contributed by atoms with Crippen LogP contribution in [-0.2, 0) is 0 Å². The van der Waals surface area contributed by atoms with Crippen LogP contribution in [0.2, 0.25) is 0 Å². The molecular formula is C6H9NS2. The van der Waals surface area contributed by atoms with Crippen molar-refractivity contribution in [3.05, 3.63) is 11.4 Å². The second-order valence-corrected chi connectivity index (χ2v) is 4.47. The molecule has 1 saturated heterocycles. The topological polar surface area (TPSA) is 4.36 Å². The Kier molecular flexibility index (Phi) is 3.31. The highest BCUT2D eigenvalue weighted by Crippen LogP contribution is 2.23. The van der Waals surface area contributed by atoms with Gasteiger partial charge in [0.2, 0.25) is 6.54 Å². The first-order valence-electron chi connectivity index (χ1n) is 2.96. The Morgan fingerprint density at radius 3 is 3.00 bits per heavy atom. The van der Waals surface area contributed by atoms with E-state index in [0.717, 1.165) is 6.54 Å². The van der Waals surface area contributed by atoms with Gasteiger partial charge in [0, 0.05) is 17.3 Å². The summed E-state index contributed by atoms with van der Waals surface area (Å²) in [5, 5.41) is 0.626. The number of hydrogen-bond acceptors (Lipinski definition) is 2. The minimum Gasteiger partial charge on any atom is -0.316 e. The fraction of sp³-hybridized carbons (Fsp3) is 0.833. The fourth-order valence-corrected chi connectivity index (χ4v) is 3.32. The zero-order valence-electron chi connectivity index (χ0n) is 5.17. The Labute approximate surface area is 64.4 Å². The zero-order chi connectivity index (χ0) is 6.53. The van der Waals surface area contributed by atoms with E-state index in [-0.39, 0.29) is 0 Å². The Hall–Kier alpha value is 0.190. The van der Waals surface area contributed by atoms with Gasteiger partial charge in [0.05, 0.1) is 5.25 Å². The summed E-state index contributed by atoms with van der Waals surface area (Å²) >= 11 is 3.93. The van der Waals surface area contributed by atoms with Gasteiger partial charge >= 0.3 is 0 Å². The molecule has 3 heteroatoms. The van der Waals surface area contributed by atoms with Gasteiger partial charge in [-0.15, -0.1) is 11.8 Å². The molecule has 0 aromatic carbocycles. The van der Waals surface area contributed by atoms with Crippen molar-refractivity contribution in [1.29, 1.82) is 0 Å². The molecule has 50 valence electrons. The van der Waals surface area contributed by atoms with Crippen LogP contribution in [0.3, 0.4) is 0 Å². The summed E-state index contributed by atoms with van der Waals surface area (Å²) in [6.07, 6.45) is 0. The van der Waals surface area contributed by atoms with Crippen LogP contribution in [-0.4, -0.2) is 29.1 Å². The molecule has 0 aromatic rings. The second-order valence-electron chi connectivity index (χ2n) is 1.91. The normalized spacial score (nSPS) is 27.2. The van der Waals surface area contributed by atoms with E-state index < -0.39 is 0 Å². The third-order valence-electron chi connectivity index (χ3n) is 1.18. The third-order valence-corrected chi connectivity index (χ3v) is 4.01. The summed E-state index contributed by atoms with van der Waals surface area (Å²) in [7, 11) is 0. The molecule has 0 aliphatic carbocycles. The van der Waals surface area contributed by atoms with Crippen LogP contribution < -0.4 is 0 Å². The molecule has 1 aliphatic heterocycles. The maximum Gasteiger partial charge on any atom is 0.227 e. The summed E-state index contributed by atoms with van der Waals surface area (Å²) in [4.78, 5) is 3.38.